The zero-order valence-corrected chi connectivity index (χ0v) is 8.47. The molecular formula is C12H10OS. The Morgan fingerprint density at radius 2 is 2.21 bits per heavy atom. The lowest BCUT2D eigenvalue weighted by Gasteiger charge is -2.02. The number of aromatic hydroxyl groups is 1. The summed E-state index contributed by atoms with van der Waals surface area (Å²) < 4.78 is 1.03. The molecule has 0 saturated heterocycles. The lowest BCUT2D eigenvalue weighted by molar-refractivity contribution is 0.482. The van der Waals surface area contributed by atoms with Gasteiger partial charge in [0.25, 0.3) is 0 Å². The number of aryl methyl sites for hydroxylation is 1. The number of phenolic OH excluding ortho intramolecular Hbond substituents is 1. The van der Waals surface area contributed by atoms with Gasteiger partial charge in [-0.05, 0) is 24.5 Å². The molecule has 0 amide bonds. The van der Waals surface area contributed by atoms with Crippen LogP contribution in [-0.4, -0.2) is 5.11 Å². The monoisotopic (exact) mass is 202 g/mol. The third-order valence-corrected chi connectivity index (χ3v) is 3.94. The van der Waals surface area contributed by atoms with Crippen LogP contribution in [0.4, 0.5) is 0 Å². The minimum Gasteiger partial charge on any atom is -0.506 e. The van der Waals surface area contributed by atoms with Crippen molar-refractivity contribution in [3.63, 3.8) is 0 Å². The molecule has 0 aliphatic heterocycles. The maximum Gasteiger partial charge on any atom is 0.133 e. The van der Waals surface area contributed by atoms with Crippen LogP contribution in [0.5, 0.6) is 5.75 Å². The fourth-order valence-corrected chi connectivity index (χ4v) is 3.17. The van der Waals surface area contributed by atoms with Crippen LogP contribution >= 0.6 is 11.3 Å². The van der Waals surface area contributed by atoms with Crippen LogP contribution in [0.3, 0.4) is 0 Å². The molecule has 1 nitrogen and oxygen atoms in total. The van der Waals surface area contributed by atoms with Crippen molar-refractivity contribution in [2.45, 2.75) is 12.8 Å². The third-order valence-electron chi connectivity index (χ3n) is 2.63. The van der Waals surface area contributed by atoms with Crippen LogP contribution in [-0.2, 0) is 6.42 Å². The van der Waals surface area contributed by atoms with E-state index in [-0.39, 0.29) is 0 Å². The summed E-state index contributed by atoms with van der Waals surface area (Å²) in [6.45, 7) is 0. The highest BCUT2D eigenvalue weighted by atomic mass is 32.1. The molecule has 0 saturated carbocycles. The van der Waals surface area contributed by atoms with Gasteiger partial charge in [0, 0.05) is 10.3 Å². The van der Waals surface area contributed by atoms with Gasteiger partial charge >= 0.3 is 0 Å². The van der Waals surface area contributed by atoms with Crippen molar-refractivity contribution in [2.24, 2.45) is 0 Å². The number of hydrogen-bond acceptors (Lipinski definition) is 2. The number of benzene rings is 1. The number of fused-ring (bicyclic) bond motifs is 3. The van der Waals surface area contributed by atoms with Crippen LogP contribution in [0, 0.1) is 0 Å². The molecule has 3 rings (SSSR count). The molecule has 1 aromatic heterocycles. The number of rotatable bonds is 0. The van der Waals surface area contributed by atoms with Gasteiger partial charge in [-0.2, -0.15) is 0 Å². The largest absolute Gasteiger partial charge is 0.506 e. The Morgan fingerprint density at radius 1 is 1.29 bits per heavy atom. The third kappa shape index (κ3) is 1.01. The van der Waals surface area contributed by atoms with E-state index >= 15 is 0 Å². The van der Waals surface area contributed by atoms with Crippen LogP contribution in [0.2, 0.25) is 0 Å². The molecule has 1 heterocycles. The standard InChI is InChI=1S/C12H10OS/c13-10-6-3-5-9-8-4-1-2-7-11(8)14-12(9)10/h1,3-6,13H,2,7H2. The summed E-state index contributed by atoms with van der Waals surface area (Å²) in [7, 11) is 0. The van der Waals surface area contributed by atoms with Gasteiger partial charge in [0.2, 0.25) is 0 Å². The maximum absolute atomic E-state index is 9.71. The van der Waals surface area contributed by atoms with Gasteiger partial charge in [-0.3, -0.25) is 0 Å². The molecule has 0 fully saturated rings. The van der Waals surface area contributed by atoms with Gasteiger partial charge in [0.1, 0.15) is 5.75 Å². The second-order valence-corrected chi connectivity index (χ2v) is 4.64. The molecule has 0 unspecified atom stereocenters. The first kappa shape index (κ1) is 8.06. The number of allylic oxidation sites excluding steroid dienone is 1. The van der Waals surface area contributed by atoms with Crippen molar-refractivity contribution < 1.29 is 5.11 Å². The maximum atomic E-state index is 9.71. The van der Waals surface area contributed by atoms with Gasteiger partial charge in [-0.1, -0.05) is 24.3 Å². The quantitative estimate of drug-likeness (QED) is 0.692. The van der Waals surface area contributed by atoms with Crippen molar-refractivity contribution in [1.29, 1.82) is 0 Å². The van der Waals surface area contributed by atoms with Gasteiger partial charge in [0.05, 0.1) is 4.70 Å². The molecule has 2 heteroatoms. The number of hydrogen-bond donors (Lipinski definition) is 1. The summed E-state index contributed by atoms with van der Waals surface area (Å²) in [4.78, 5) is 1.41. The topological polar surface area (TPSA) is 20.2 Å². The van der Waals surface area contributed by atoms with E-state index < -0.39 is 0 Å². The minimum absolute atomic E-state index is 0.412. The second-order valence-electron chi connectivity index (χ2n) is 3.53. The Kier molecular flexibility index (Phi) is 1.64. The first-order chi connectivity index (χ1) is 6.86. The van der Waals surface area contributed by atoms with Gasteiger partial charge in [-0.25, -0.2) is 0 Å². The van der Waals surface area contributed by atoms with Crippen LogP contribution < -0.4 is 0 Å². The van der Waals surface area contributed by atoms with E-state index in [0.717, 1.165) is 17.5 Å². The molecule has 70 valence electrons. The van der Waals surface area contributed by atoms with Crippen LogP contribution in [0.25, 0.3) is 16.2 Å². The zero-order chi connectivity index (χ0) is 9.54. The Hall–Kier alpha value is -1.28. The molecule has 1 aliphatic rings. The predicted octanol–water partition coefficient (Wildman–Crippen LogP) is 3.57. The molecule has 1 aliphatic carbocycles. The molecule has 14 heavy (non-hydrogen) atoms. The van der Waals surface area contributed by atoms with E-state index in [1.165, 1.54) is 15.8 Å². The van der Waals surface area contributed by atoms with E-state index in [1.807, 2.05) is 6.07 Å². The highest BCUT2D eigenvalue weighted by Gasteiger charge is 2.13. The summed E-state index contributed by atoms with van der Waals surface area (Å²) >= 11 is 1.73. The van der Waals surface area contributed by atoms with Crippen molar-refractivity contribution in [3.8, 4) is 5.75 Å². The first-order valence-electron chi connectivity index (χ1n) is 4.76. The zero-order valence-electron chi connectivity index (χ0n) is 7.66. The predicted molar refractivity (Wildman–Crippen MR) is 60.8 cm³/mol. The summed E-state index contributed by atoms with van der Waals surface area (Å²) in [5.74, 6) is 0.412. The Bertz CT molecular complexity index is 522. The molecule has 0 atom stereocenters. The van der Waals surface area contributed by atoms with Gasteiger partial charge in [-0.15, -0.1) is 11.3 Å². The summed E-state index contributed by atoms with van der Waals surface area (Å²) in [6, 6.07) is 5.75. The number of phenols is 1. The summed E-state index contributed by atoms with van der Waals surface area (Å²) in [5, 5.41) is 10.9. The normalized spacial score (nSPS) is 14.6. The molecule has 2 aromatic rings. The molecule has 0 radical (unpaired) electrons. The second kappa shape index (κ2) is 2.85. The van der Waals surface area contributed by atoms with Gasteiger partial charge < -0.3 is 5.11 Å². The Labute approximate surface area is 86.3 Å². The van der Waals surface area contributed by atoms with Crippen molar-refractivity contribution in [2.75, 3.05) is 0 Å². The van der Waals surface area contributed by atoms with Crippen molar-refractivity contribution >= 4 is 27.5 Å². The highest BCUT2D eigenvalue weighted by molar-refractivity contribution is 7.19. The average molecular weight is 202 g/mol. The van der Waals surface area contributed by atoms with E-state index in [2.05, 4.69) is 18.2 Å². The lowest BCUT2D eigenvalue weighted by Crippen LogP contribution is -1.86. The van der Waals surface area contributed by atoms with E-state index in [1.54, 1.807) is 17.4 Å². The van der Waals surface area contributed by atoms with E-state index in [9.17, 15) is 5.11 Å². The fourth-order valence-electron chi connectivity index (χ4n) is 1.96. The Balaban J connectivity index is 2.43. The molecule has 0 bridgehead atoms. The van der Waals surface area contributed by atoms with Crippen LogP contribution in [0.1, 0.15) is 16.9 Å². The van der Waals surface area contributed by atoms with Gasteiger partial charge in [0.15, 0.2) is 0 Å². The summed E-state index contributed by atoms with van der Waals surface area (Å²) in [5.41, 5.74) is 1.31. The highest BCUT2D eigenvalue weighted by Crippen LogP contribution is 2.39. The SMILES string of the molecule is Oc1cccc2c3c(sc12)CCC=C3. The number of thiophene rings is 1. The minimum atomic E-state index is 0.412. The van der Waals surface area contributed by atoms with E-state index in [0.29, 0.717) is 5.75 Å². The lowest BCUT2D eigenvalue weighted by atomic mass is 10.0. The van der Waals surface area contributed by atoms with Crippen molar-refractivity contribution in [1.82, 2.24) is 0 Å². The fraction of sp³-hybridized carbons (Fsp3) is 0.167. The molecule has 1 aromatic carbocycles. The van der Waals surface area contributed by atoms with Crippen LogP contribution in [0.15, 0.2) is 24.3 Å². The molecule has 1 N–H and O–H groups in total. The molecular weight excluding hydrogens is 192 g/mol. The smallest absolute Gasteiger partial charge is 0.133 e. The van der Waals surface area contributed by atoms with Crippen molar-refractivity contribution in [3.05, 3.63) is 34.7 Å². The van der Waals surface area contributed by atoms with E-state index in [4.69, 9.17) is 0 Å². The first-order valence-corrected chi connectivity index (χ1v) is 5.58. The Morgan fingerprint density at radius 3 is 3.14 bits per heavy atom. The summed E-state index contributed by atoms with van der Waals surface area (Å²) in [6.07, 6.45) is 6.63. The molecule has 0 spiro atoms. The average Bonchev–Trinajstić information content (AvgIpc) is 2.59.